The highest BCUT2D eigenvalue weighted by Crippen LogP contribution is 2.41. The maximum Gasteiger partial charge on any atom is 0.417 e. The Hall–Kier alpha value is -3.85. The third kappa shape index (κ3) is 3.88. The summed E-state index contributed by atoms with van der Waals surface area (Å²) < 4.78 is 71.3. The molecule has 1 N–H and O–H groups in total. The number of aromatic nitrogens is 3. The first-order valence-electron chi connectivity index (χ1n) is 9.59. The molecule has 0 fully saturated rings. The molecule has 0 radical (unpaired) electrons. The minimum Gasteiger partial charge on any atom is -0.336 e. The lowest BCUT2D eigenvalue weighted by Crippen LogP contribution is -2.25. The number of alkyl halides is 3. The van der Waals surface area contributed by atoms with Crippen LogP contribution in [0.2, 0.25) is 5.02 Å². The number of nitriles is 1. The molecule has 3 aromatic rings. The standard InChI is InChI=1S/C21H12ClF5N6O/c1-9-19-31-18(20(34)29-8-7-28)32-33(19)13-6-5-10(21(25,26)27)16(22)15(13)17(30-9)14-11(23)3-2-4-12(14)24/h2-6,9H,8H2,1H3,(H,29,34)/t9-/m0/s1. The van der Waals surface area contributed by atoms with Crippen molar-refractivity contribution in [2.75, 3.05) is 6.54 Å². The first-order chi connectivity index (χ1) is 16.0. The molecular weight excluding hydrogens is 483 g/mol. The van der Waals surface area contributed by atoms with E-state index in [1.165, 1.54) is 6.92 Å². The molecule has 0 spiro atoms. The minimum atomic E-state index is -4.88. The second-order valence-corrected chi connectivity index (χ2v) is 7.49. The molecule has 2 heterocycles. The number of nitrogens with one attached hydrogen (secondary N) is 1. The average Bonchev–Trinajstić information content (AvgIpc) is 3.17. The lowest BCUT2D eigenvalue weighted by Gasteiger charge is -2.17. The Kier molecular flexibility index (Phi) is 5.82. The van der Waals surface area contributed by atoms with Gasteiger partial charge in [-0.05, 0) is 31.2 Å². The zero-order chi connectivity index (χ0) is 24.8. The molecule has 34 heavy (non-hydrogen) atoms. The number of carbonyl (C=O) groups is 1. The summed E-state index contributed by atoms with van der Waals surface area (Å²) in [7, 11) is 0. The van der Waals surface area contributed by atoms with Crippen molar-refractivity contribution < 1.29 is 26.7 Å². The minimum absolute atomic E-state index is 0.00549. The third-order valence-corrected chi connectivity index (χ3v) is 5.34. The number of fused-ring (bicyclic) bond motifs is 3. The molecule has 13 heteroatoms. The zero-order valence-electron chi connectivity index (χ0n) is 17.1. The Bertz CT molecular complexity index is 1370. The van der Waals surface area contributed by atoms with E-state index in [1.54, 1.807) is 6.07 Å². The van der Waals surface area contributed by atoms with Gasteiger partial charge in [0.15, 0.2) is 5.82 Å². The van der Waals surface area contributed by atoms with E-state index in [9.17, 15) is 26.7 Å². The largest absolute Gasteiger partial charge is 0.417 e. The van der Waals surface area contributed by atoms with Gasteiger partial charge in [0.2, 0.25) is 5.82 Å². The molecule has 1 atom stereocenters. The van der Waals surface area contributed by atoms with Gasteiger partial charge in [-0.3, -0.25) is 9.79 Å². The number of benzene rings is 2. The second-order valence-electron chi connectivity index (χ2n) is 7.12. The van der Waals surface area contributed by atoms with E-state index in [0.717, 1.165) is 28.9 Å². The topological polar surface area (TPSA) is 96.0 Å². The van der Waals surface area contributed by atoms with Crippen LogP contribution in [0.25, 0.3) is 5.69 Å². The van der Waals surface area contributed by atoms with Crippen molar-refractivity contribution in [2.45, 2.75) is 19.1 Å². The molecule has 0 bridgehead atoms. The molecule has 4 rings (SSSR count). The SMILES string of the molecule is C[C@@H]1N=C(c2c(F)cccc2F)c2c(ccc(C(F)(F)F)c2Cl)-n2nc(C(=O)NCC#N)nc21. The average molecular weight is 495 g/mol. The van der Waals surface area contributed by atoms with Crippen molar-refractivity contribution in [3.8, 4) is 11.8 Å². The number of hydrogen-bond acceptors (Lipinski definition) is 5. The third-order valence-electron chi connectivity index (χ3n) is 4.95. The van der Waals surface area contributed by atoms with Gasteiger partial charge in [0, 0.05) is 5.56 Å². The maximum atomic E-state index is 14.7. The van der Waals surface area contributed by atoms with Crippen LogP contribution in [0.5, 0.6) is 0 Å². The van der Waals surface area contributed by atoms with Crippen LogP contribution in [-0.4, -0.2) is 32.9 Å². The lowest BCUT2D eigenvalue weighted by atomic mass is 9.97. The smallest absolute Gasteiger partial charge is 0.336 e. The van der Waals surface area contributed by atoms with Gasteiger partial charge >= 0.3 is 6.18 Å². The molecule has 1 aliphatic heterocycles. The van der Waals surface area contributed by atoms with Crippen LogP contribution >= 0.6 is 11.6 Å². The molecule has 0 saturated heterocycles. The van der Waals surface area contributed by atoms with Crippen LogP contribution in [0.3, 0.4) is 0 Å². The Morgan fingerprint density at radius 2 is 1.88 bits per heavy atom. The van der Waals surface area contributed by atoms with E-state index in [0.29, 0.717) is 6.07 Å². The molecule has 1 aromatic heterocycles. The van der Waals surface area contributed by atoms with Crippen molar-refractivity contribution in [1.29, 1.82) is 5.26 Å². The fourth-order valence-electron chi connectivity index (χ4n) is 3.48. The van der Waals surface area contributed by atoms with E-state index in [4.69, 9.17) is 16.9 Å². The fourth-order valence-corrected chi connectivity index (χ4v) is 3.84. The summed E-state index contributed by atoms with van der Waals surface area (Å²) in [6.07, 6.45) is -4.88. The van der Waals surface area contributed by atoms with Gasteiger partial charge in [-0.15, -0.1) is 5.10 Å². The monoisotopic (exact) mass is 494 g/mol. The second kappa shape index (κ2) is 8.49. The van der Waals surface area contributed by atoms with Gasteiger partial charge < -0.3 is 5.32 Å². The Morgan fingerprint density at radius 1 is 1.21 bits per heavy atom. The highest BCUT2D eigenvalue weighted by molar-refractivity contribution is 6.37. The van der Waals surface area contributed by atoms with Crippen LogP contribution in [0.4, 0.5) is 22.0 Å². The Labute approximate surface area is 193 Å². The van der Waals surface area contributed by atoms with Gasteiger partial charge in [-0.25, -0.2) is 18.4 Å². The number of halogens is 6. The number of amides is 1. The van der Waals surface area contributed by atoms with Gasteiger partial charge in [-0.1, -0.05) is 17.7 Å². The summed E-state index contributed by atoms with van der Waals surface area (Å²) in [6, 6.07) is 5.38. The summed E-state index contributed by atoms with van der Waals surface area (Å²) >= 11 is 6.16. The predicted octanol–water partition coefficient (Wildman–Crippen LogP) is 4.38. The molecule has 1 aliphatic rings. The molecular formula is C21H12ClF5N6O. The van der Waals surface area contributed by atoms with Gasteiger partial charge in [0.25, 0.3) is 5.91 Å². The van der Waals surface area contributed by atoms with Crippen molar-refractivity contribution >= 4 is 23.2 Å². The molecule has 0 aliphatic carbocycles. The lowest BCUT2D eigenvalue weighted by molar-refractivity contribution is -0.137. The summed E-state index contributed by atoms with van der Waals surface area (Å²) in [5.41, 5.74) is -2.93. The van der Waals surface area contributed by atoms with E-state index in [-0.39, 0.29) is 23.9 Å². The highest BCUT2D eigenvalue weighted by atomic mass is 35.5. The van der Waals surface area contributed by atoms with Crippen molar-refractivity contribution in [3.05, 3.63) is 75.3 Å². The van der Waals surface area contributed by atoms with Crippen LogP contribution < -0.4 is 5.32 Å². The number of rotatable bonds is 3. The van der Waals surface area contributed by atoms with E-state index < -0.39 is 57.2 Å². The van der Waals surface area contributed by atoms with E-state index >= 15 is 0 Å². The summed E-state index contributed by atoms with van der Waals surface area (Å²) in [4.78, 5) is 20.6. The molecule has 1 amide bonds. The van der Waals surface area contributed by atoms with E-state index in [2.05, 4.69) is 20.4 Å². The predicted molar refractivity (Wildman–Crippen MR) is 110 cm³/mol. The molecule has 0 unspecified atom stereocenters. The molecule has 174 valence electrons. The zero-order valence-corrected chi connectivity index (χ0v) is 17.8. The van der Waals surface area contributed by atoms with Crippen LogP contribution in [0.1, 0.15) is 46.1 Å². The quantitative estimate of drug-likeness (QED) is 0.431. The Balaban J connectivity index is 2.04. The number of aliphatic imine (C=N–C) groups is 1. The normalized spacial score (nSPS) is 15.0. The van der Waals surface area contributed by atoms with Gasteiger partial charge in [0.1, 0.15) is 24.2 Å². The highest BCUT2D eigenvalue weighted by Gasteiger charge is 2.38. The molecule has 0 saturated carbocycles. The van der Waals surface area contributed by atoms with Gasteiger partial charge in [-0.2, -0.15) is 18.4 Å². The Morgan fingerprint density at radius 3 is 2.50 bits per heavy atom. The maximum absolute atomic E-state index is 14.7. The summed E-state index contributed by atoms with van der Waals surface area (Å²) in [5.74, 6) is -3.30. The number of hydrogen-bond donors (Lipinski definition) is 1. The first-order valence-corrected chi connectivity index (χ1v) is 9.97. The van der Waals surface area contributed by atoms with Crippen molar-refractivity contribution in [2.24, 2.45) is 4.99 Å². The van der Waals surface area contributed by atoms with Crippen LogP contribution in [0, 0.1) is 23.0 Å². The first kappa shape index (κ1) is 23.3. The number of nitrogens with zero attached hydrogens (tertiary/aromatic N) is 5. The van der Waals surface area contributed by atoms with E-state index in [1.807, 2.05) is 0 Å². The molecule has 7 nitrogen and oxygen atoms in total. The van der Waals surface area contributed by atoms with Crippen molar-refractivity contribution in [1.82, 2.24) is 20.1 Å². The van der Waals surface area contributed by atoms with Crippen molar-refractivity contribution in [3.63, 3.8) is 0 Å². The van der Waals surface area contributed by atoms with Gasteiger partial charge in [0.05, 0.1) is 33.6 Å². The number of carbonyl (C=O) groups excluding carboxylic acids is 1. The summed E-state index contributed by atoms with van der Waals surface area (Å²) in [5, 5.41) is 14.1. The van der Waals surface area contributed by atoms with Crippen LogP contribution in [0.15, 0.2) is 35.3 Å². The fraction of sp³-hybridized carbons (Fsp3) is 0.190. The molecule has 2 aromatic carbocycles. The van der Waals surface area contributed by atoms with Crippen LogP contribution in [-0.2, 0) is 6.18 Å². The summed E-state index contributed by atoms with van der Waals surface area (Å²) in [6.45, 7) is 1.13.